The van der Waals surface area contributed by atoms with Crippen molar-refractivity contribution in [3.8, 4) is 0 Å². The van der Waals surface area contributed by atoms with E-state index in [0.717, 1.165) is 0 Å². The molecule has 1 heteroatoms. The largest absolute Gasteiger partial charge is 0.311 e. The first-order chi connectivity index (χ1) is 13.3. The van der Waals surface area contributed by atoms with Crippen molar-refractivity contribution >= 4 is 17.1 Å². The van der Waals surface area contributed by atoms with Crippen LogP contribution < -0.4 is 4.90 Å². The summed E-state index contributed by atoms with van der Waals surface area (Å²) < 4.78 is 0. The lowest BCUT2D eigenvalue weighted by molar-refractivity contribution is 0.301. The number of hydrogen-bond acceptors (Lipinski definition) is 1. The third-order valence-corrected chi connectivity index (χ3v) is 5.25. The molecule has 0 N–H and O–H groups in total. The molecule has 0 saturated carbocycles. The molecule has 0 amide bonds. The molecule has 1 nitrogen and oxygen atoms in total. The van der Waals surface area contributed by atoms with Gasteiger partial charge in [0.15, 0.2) is 0 Å². The topological polar surface area (TPSA) is 3.24 Å². The second-order valence-electron chi connectivity index (χ2n) is 9.21. The van der Waals surface area contributed by atoms with Crippen LogP contribution in [0.2, 0.25) is 0 Å². The molecule has 0 spiro atoms. The summed E-state index contributed by atoms with van der Waals surface area (Å²) in [6, 6.07) is 30.4. The van der Waals surface area contributed by atoms with Crippen LogP contribution in [0.1, 0.15) is 52.5 Å². The summed E-state index contributed by atoms with van der Waals surface area (Å²) in [7, 11) is 0. The van der Waals surface area contributed by atoms with Crippen molar-refractivity contribution in [1.29, 1.82) is 0 Å². The summed E-state index contributed by atoms with van der Waals surface area (Å²) in [5.74, 6) is 1.21. The smallest absolute Gasteiger partial charge is 0.0461 e. The van der Waals surface area contributed by atoms with Crippen LogP contribution in [0.3, 0.4) is 0 Å². The van der Waals surface area contributed by atoms with Gasteiger partial charge in [-0.05, 0) is 65.6 Å². The lowest BCUT2D eigenvalue weighted by Crippen LogP contribution is -2.16. The third-order valence-electron chi connectivity index (χ3n) is 5.25. The van der Waals surface area contributed by atoms with Gasteiger partial charge in [-0.15, -0.1) is 0 Å². The van der Waals surface area contributed by atoms with E-state index in [2.05, 4.69) is 124 Å². The van der Waals surface area contributed by atoms with E-state index in [1.807, 2.05) is 0 Å². The normalized spacial score (nSPS) is 12.8. The maximum Gasteiger partial charge on any atom is 0.0461 e. The minimum absolute atomic E-state index is 0.327. The second kappa shape index (κ2) is 8.65. The molecule has 0 fully saturated rings. The Labute approximate surface area is 171 Å². The van der Waals surface area contributed by atoms with Crippen molar-refractivity contribution in [3.05, 3.63) is 90.5 Å². The maximum absolute atomic E-state index is 2.34. The van der Waals surface area contributed by atoms with Crippen molar-refractivity contribution < 1.29 is 0 Å². The van der Waals surface area contributed by atoms with E-state index < -0.39 is 0 Å². The minimum Gasteiger partial charge on any atom is -0.311 e. The molecule has 0 aromatic heterocycles. The summed E-state index contributed by atoms with van der Waals surface area (Å²) >= 11 is 0. The second-order valence-corrected chi connectivity index (χ2v) is 9.21. The molecule has 28 heavy (non-hydrogen) atoms. The van der Waals surface area contributed by atoms with Crippen molar-refractivity contribution in [1.82, 2.24) is 0 Å². The number of anilines is 3. The van der Waals surface area contributed by atoms with Gasteiger partial charge in [0.2, 0.25) is 0 Å². The summed E-state index contributed by atoms with van der Waals surface area (Å²) in [5.41, 5.74) is 5.32. The molecule has 0 aliphatic carbocycles. The van der Waals surface area contributed by atoms with Gasteiger partial charge in [0, 0.05) is 17.1 Å². The van der Waals surface area contributed by atoms with E-state index in [0.29, 0.717) is 17.3 Å². The molecular weight excluding hydrogens is 338 g/mol. The van der Waals surface area contributed by atoms with Crippen molar-refractivity contribution in [2.75, 3.05) is 4.90 Å². The zero-order valence-electron chi connectivity index (χ0n) is 17.9. The highest BCUT2D eigenvalue weighted by atomic mass is 15.1. The Morgan fingerprint density at radius 1 is 0.643 bits per heavy atom. The van der Waals surface area contributed by atoms with Gasteiger partial charge in [0.05, 0.1) is 0 Å². The summed E-state index contributed by atoms with van der Waals surface area (Å²) in [6.45, 7) is 11.7. The third kappa shape index (κ3) is 5.04. The number of nitrogens with zero attached hydrogens (tertiary/aromatic N) is 1. The number of hydrogen-bond donors (Lipinski definition) is 0. The molecule has 0 aliphatic rings. The van der Waals surface area contributed by atoms with Crippen molar-refractivity contribution in [3.63, 3.8) is 0 Å². The van der Waals surface area contributed by atoms with E-state index in [1.54, 1.807) is 0 Å². The average molecular weight is 372 g/mol. The zero-order chi connectivity index (χ0) is 20.1. The molecule has 0 aliphatic heterocycles. The summed E-state index contributed by atoms with van der Waals surface area (Å²) in [4.78, 5) is 2.32. The zero-order valence-corrected chi connectivity index (χ0v) is 17.9. The molecule has 3 aromatic carbocycles. The fourth-order valence-electron chi connectivity index (χ4n) is 3.87. The van der Waals surface area contributed by atoms with Crippen LogP contribution in [0, 0.1) is 11.3 Å². The van der Waals surface area contributed by atoms with Crippen LogP contribution in [-0.4, -0.2) is 0 Å². The summed E-state index contributed by atoms with van der Waals surface area (Å²) in [5, 5.41) is 0. The van der Waals surface area contributed by atoms with E-state index >= 15 is 0 Å². The Hall–Kier alpha value is -2.54. The van der Waals surface area contributed by atoms with Crippen molar-refractivity contribution in [2.24, 2.45) is 11.3 Å². The number of benzene rings is 3. The molecule has 1 unspecified atom stereocenters. The van der Waals surface area contributed by atoms with Gasteiger partial charge in [0.1, 0.15) is 0 Å². The monoisotopic (exact) mass is 371 g/mol. The Balaban J connectivity index is 1.97. The Morgan fingerprint density at radius 3 is 1.46 bits per heavy atom. The molecule has 0 heterocycles. The van der Waals surface area contributed by atoms with E-state index in [4.69, 9.17) is 0 Å². The van der Waals surface area contributed by atoms with Crippen LogP contribution in [-0.2, 0) is 0 Å². The highest BCUT2D eigenvalue weighted by molar-refractivity contribution is 5.76. The van der Waals surface area contributed by atoms with Crippen LogP contribution in [0.4, 0.5) is 17.1 Å². The fraction of sp³-hybridized carbons (Fsp3) is 0.333. The Bertz CT molecular complexity index is 803. The van der Waals surface area contributed by atoms with Gasteiger partial charge in [-0.25, -0.2) is 0 Å². The lowest BCUT2D eigenvalue weighted by Gasteiger charge is -2.30. The van der Waals surface area contributed by atoms with Gasteiger partial charge in [0.25, 0.3) is 0 Å². The molecule has 0 saturated heterocycles. The van der Waals surface area contributed by atoms with Gasteiger partial charge in [-0.1, -0.05) is 83.1 Å². The molecule has 0 bridgehead atoms. The first kappa shape index (κ1) is 20.2. The quantitative estimate of drug-likeness (QED) is 0.421. The van der Waals surface area contributed by atoms with Gasteiger partial charge >= 0.3 is 0 Å². The molecule has 1 atom stereocenters. The predicted molar refractivity (Wildman–Crippen MR) is 123 cm³/mol. The predicted octanol–water partition coefficient (Wildman–Crippen LogP) is 8.33. The first-order valence-electron chi connectivity index (χ1n) is 10.4. The highest BCUT2D eigenvalue weighted by Crippen LogP contribution is 2.39. The van der Waals surface area contributed by atoms with Crippen LogP contribution in [0.5, 0.6) is 0 Å². The average Bonchev–Trinajstić information content (AvgIpc) is 2.68. The Morgan fingerprint density at radius 2 is 1.07 bits per heavy atom. The molecular formula is C27H33N. The first-order valence-corrected chi connectivity index (χ1v) is 10.4. The van der Waals surface area contributed by atoms with Gasteiger partial charge in [-0.2, -0.15) is 0 Å². The van der Waals surface area contributed by atoms with Crippen LogP contribution >= 0.6 is 0 Å². The van der Waals surface area contributed by atoms with Gasteiger partial charge < -0.3 is 4.90 Å². The van der Waals surface area contributed by atoms with E-state index in [1.165, 1.54) is 29.0 Å². The Kier molecular flexibility index (Phi) is 6.24. The standard InChI is InChI=1S/C27H33N/c1-21(2)26(20-27(3,4)5)22-16-18-25(19-17-22)28(23-12-8-6-9-13-23)24-14-10-7-11-15-24/h6-19,21,26H,20H2,1-5H3. The van der Waals surface area contributed by atoms with E-state index in [9.17, 15) is 0 Å². The SMILES string of the molecule is CC(C)C(CC(C)(C)C)c1ccc(N(c2ccccc2)c2ccccc2)cc1. The molecule has 3 rings (SSSR count). The summed E-state index contributed by atoms with van der Waals surface area (Å²) in [6.07, 6.45) is 1.20. The van der Waals surface area contributed by atoms with E-state index in [-0.39, 0.29) is 0 Å². The number of para-hydroxylation sites is 2. The maximum atomic E-state index is 2.34. The van der Waals surface area contributed by atoms with Crippen LogP contribution in [0.25, 0.3) is 0 Å². The molecule has 3 aromatic rings. The minimum atomic E-state index is 0.327. The lowest BCUT2D eigenvalue weighted by atomic mass is 9.76. The highest BCUT2D eigenvalue weighted by Gasteiger charge is 2.23. The van der Waals surface area contributed by atoms with Crippen molar-refractivity contribution in [2.45, 2.75) is 47.0 Å². The van der Waals surface area contributed by atoms with Gasteiger partial charge in [-0.3, -0.25) is 0 Å². The van der Waals surface area contributed by atoms with Crippen LogP contribution in [0.15, 0.2) is 84.9 Å². The molecule has 0 radical (unpaired) electrons. The fourth-order valence-corrected chi connectivity index (χ4v) is 3.87. The molecule has 146 valence electrons. The number of rotatable bonds is 6.